The maximum Gasteiger partial charge on any atom is 0.225 e. The fourth-order valence-electron chi connectivity index (χ4n) is 4.41. The minimum atomic E-state index is 0.313. The average molecular weight is 311 g/mol. The number of pyridine rings is 1. The van der Waals surface area contributed by atoms with Crippen LogP contribution in [-0.4, -0.2) is 33.4 Å². The van der Waals surface area contributed by atoms with Crippen LogP contribution in [-0.2, 0) is 11.8 Å². The maximum absolute atomic E-state index is 12.6. The van der Waals surface area contributed by atoms with E-state index in [4.69, 9.17) is 0 Å². The molecule has 0 atom stereocenters. The number of nitrogens with zero attached hydrogens (tertiary/aromatic N) is 3. The summed E-state index contributed by atoms with van der Waals surface area (Å²) in [6.07, 6.45) is 10.9. The predicted molar refractivity (Wildman–Crippen MR) is 91.2 cm³/mol. The number of fused-ring (bicyclic) bond motifs is 1. The van der Waals surface area contributed by atoms with Gasteiger partial charge in [0, 0.05) is 43.8 Å². The predicted octanol–water partition coefficient (Wildman–Crippen LogP) is 3.47. The van der Waals surface area contributed by atoms with Crippen molar-refractivity contribution in [3.63, 3.8) is 0 Å². The van der Waals surface area contributed by atoms with E-state index in [1.165, 1.54) is 23.8 Å². The highest BCUT2D eigenvalue weighted by Gasteiger charge is 2.31. The Labute approximate surface area is 137 Å². The van der Waals surface area contributed by atoms with E-state index in [0.717, 1.165) is 44.4 Å². The highest BCUT2D eigenvalue weighted by molar-refractivity contribution is 5.81. The third-order valence-electron chi connectivity index (χ3n) is 5.72. The molecule has 2 aromatic heterocycles. The molecule has 0 spiro atoms. The first-order chi connectivity index (χ1) is 11.2. The lowest BCUT2D eigenvalue weighted by atomic mass is 9.89. The molecular weight excluding hydrogens is 286 g/mol. The molecule has 0 N–H and O–H groups in total. The fraction of sp³-hybridized carbons (Fsp3) is 0.579. The van der Waals surface area contributed by atoms with Gasteiger partial charge in [0.1, 0.15) is 5.65 Å². The SMILES string of the molecule is Cn1cc(C2CCN(C(=O)C3CCCC3)CC2)c2cccnc21. The first-order valence-electron chi connectivity index (χ1n) is 8.93. The van der Waals surface area contributed by atoms with E-state index in [9.17, 15) is 4.79 Å². The van der Waals surface area contributed by atoms with Crippen LogP contribution in [0.1, 0.15) is 50.0 Å². The Balaban J connectivity index is 1.47. The van der Waals surface area contributed by atoms with E-state index in [1.807, 2.05) is 12.3 Å². The van der Waals surface area contributed by atoms with Crippen molar-refractivity contribution in [1.29, 1.82) is 0 Å². The zero-order valence-corrected chi connectivity index (χ0v) is 13.9. The number of piperidine rings is 1. The first-order valence-corrected chi connectivity index (χ1v) is 8.93. The molecule has 1 aliphatic carbocycles. The molecule has 0 radical (unpaired) electrons. The molecule has 4 nitrogen and oxygen atoms in total. The molecule has 4 heteroatoms. The van der Waals surface area contributed by atoms with E-state index in [0.29, 0.717) is 17.7 Å². The van der Waals surface area contributed by atoms with Crippen LogP contribution in [0.2, 0.25) is 0 Å². The Morgan fingerprint density at radius 1 is 1.17 bits per heavy atom. The smallest absolute Gasteiger partial charge is 0.225 e. The van der Waals surface area contributed by atoms with Crippen LogP contribution < -0.4 is 0 Å². The number of aryl methyl sites for hydroxylation is 1. The molecule has 0 bridgehead atoms. The molecule has 2 aromatic rings. The van der Waals surface area contributed by atoms with Crippen molar-refractivity contribution in [3.8, 4) is 0 Å². The third-order valence-corrected chi connectivity index (χ3v) is 5.72. The van der Waals surface area contributed by atoms with Crippen molar-refractivity contribution in [2.75, 3.05) is 13.1 Å². The van der Waals surface area contributed by atoms with Crippen LogP contribution in [0, 0.1) is 5.92 Å². The van der Waals surface area contributed by atoms with E-state index in [-0.39, 0.29) is 0 Å². The summed E-state index contributed by atoms with van der Waals surface area (Å²) in [6.45, 7) is 1.83. The Morgan fingerprint density at radius 3 is 2.65 bits per heavy atom. The minimum Gasteiger partial charge on any atom is -0.342 e. The largest absolute Gasteiger partial charge is 0.342 e. The van der Waals surface area contributed by atoms with E-state index in [2.05, 4.69) is 33.8 Å². The zero-order valence-electron chi connectivity index (χ0n) is 13.9. The second-order valence-electron chi connectivity index (χ2n) is 7.15. The number of carbonyl (C=O) groups excluding carboxylic acids is 1. The summed E-state index contributed by atoms with van der Waals surface area (Å²) in [5.74, 6) is 1.28. The molecule has 0 unspecified atom stereocenters. The number of amides is 1. The quantitative estimate of drug-likeness (QED) is 0.852. The van der Waals surface area contributed by atoms with Crippen LogP contribution in [0.15, 0.2) is 24.5 Å². The zero-order chi connectivity index (χ0) is 15.8. The summed E-state index contributed by atoms with van der Waals surface area (Å²) < 4.78 is 2.13. The molecule has 4 rings (SSSR count). The van der Waals surface area contributed by atoms with Crippen LogP contribution in [0.3, 0.4) is 0 Å². The Morgan fingerprint density at radius 2 is 1.91 bits per heavy atom. The standard InChI is InChI=1S/C19H25N3O/c1-21-13-17(16-7-4-10-20-18(16)21)14-8-11-22(12-9-14)19(23)15-5-2-3-6-15/h4,7,10,13-15H,2-3,5-6,8-9,11-12H2,1H3. The van der Waals surface area contributed by atoms with E-state index in [1.54, 1.807) is 0 Å². The summed E-state index contributed by atoms with van der Waals surface area (Å²) in [7, 11) is 2.07. The molecule has 1 amide bonds. The number of hydrogen-bond acceptors (Lipinski definition) is 2. The number of rotatable bonds is 2. The van der Waals surface area contributed by atoms with Gasteiger partial charge in [0.25, 0.3) is 0 Å². The van der Waals surface area contributed by atoms with Crippen molar-refractivity contribution in [2.24, 2.45) is 13.0 Å². The van der Waals surface area contributed by atoms with Crippen molar-refractivity contribution in [2.45, 2.75) is 44.4 Å². The number of hydrogen-bond donors (Lipinski definition) is 0. The lowest BCUT2D eigenvalue weighted by Crippen LogP contribution is -2.40. The average Bonchev–Trinajstić information content (AvgIpc) is 3.23. The highest BCUT2D eigenvalue weighted by Crippen LogP contribution is 2.35. The van der Waals surface area contributed by atoms with Gasteiger partial charge in [-0.1, -0.05) is 12.8 Å². The van der Waals surface area contributed by atoms with Gasteiger partial charge in [-0.3, -0.25) is 4.79 Å². The molecule has 23 heavy (non-hydrogen) atoms. The van der Waals surface area contributed by atoms with Crippen LogP contribution >= 0.6 is 0 Å². The van der Waals surface area contributed by atoms with Crippen molar-refractivity contribution in [3.05, 3.63) is 30.1 Å². The van der Waals surface area contributed by atoms with Gasteiger partial charge in [-0.05, 0) is 49.3 Å². The summed E-state index contributed by atoms with van der Waals surface area (Å²) in [5, 5.41) is 1.27. The fourth-order valence-corrected chi connectivity index (χ4v) is 4.41. The van der Waals surface area contributed by atoms with Crippen molar-refractivity contribution in [1.82, 2.24) is 14.5 Å². The summed E-state index contributed by atoms with van der Waals surface area (Å²) in [5.41, 5.74) is 2.47. The van der Waals surface area contributed by atoms with E-state index < -0.39 is 0 Å². The summed E-state index contributed by atoms with van der Waals surface area (Å²) in [4.78, 5) is 19.2. The topological polar surface area (TPSA) is 38.1 Å². The molecule has 2 fully saturated rings. The van der Waals surface area contributed by atoms with Crippen LogP contribution in [0.25, 0.3) is 11.0 Å². The number of likely N-dealkylation sites (tertiary alicyclic amines) is 1. The maximum atomic E-state index is 12.6. The van der Waals surface area contributed by atoms with E-state index >= 15 is 0 Å². The van der Waals surface area contributed by atoms with Gasteiger partial charge in [0.05, 0.1) is 0 Å². The second kappa shape index (κ2) is 5.99. The summed E-state index contributed by atoms with van der Waals surface area (Å²) >= 11 is 0. The molecule has 1 saturated heterocycles. The van der Waals surface area contributed by atoms with Crippen molar-refractivity contribution < 1.29 is 4.79 Å². The van der Waals surface area contributed by atoms with Gasteiger partial charge in [-0.15, -0.1) is 0 Å². The molecule has 3 heterocycles. The van der Waals surface area contributed by atoms with Crippen LogP contribution in [0.4, 0.5) is 0 Å². The van der Waals surface area contributed by atoms with Gasteiger partial charge >= 0.3 is 0 Å². The number of aromatic nitrogens is 2. The lowest BCUT2D eigenvalue weighted by Gasteiger charge is -2.33. The molecule has 1 saturated carbocycles. The Kier molecular flexibility index (Phi) is 3.83. The highest BCUT2D eigenvalue weighted by atomic mass is 16.2. The monoisotopic (exact) mass is 311 g/mol. The molecule has 1 aliphatic heterocycles. The van der Waals surface area contributed by atoms with Gasteiger partial charge in [-0.2, -0.15) is 0 Å². The molecule has 122 valence electrons. The van der Waals surface area contributed by atoms with Gasteiger partial charge in [-0.25, -0.2) is 4.98 Å². The minimum absolute atomic E-state index is 0.313. The second-order valence-corrected chi connectivity index (χ2v) is 7.15. The normalized spacial score (nSPS) is 20.5. The Bertz CT molecular complexity index is 706. The summed E-state index contributed by atoms with van der Waals surface area (Å²) in [6, 6.07) is 4.19. The molecular formula is C19H25N3O. The van der Waals surface area contributed by atoms with Gasteiger partial charge in [0.2, 0.25) is 5.91 Å². The number of carbonyl (C=O) groups is 1. The van der Waals surface area contributed by atoms with Crippen molar-refractivity contribution >= 4 is 16.9 Å². The van der Waals surface area contributed by atoms with Gasteiger partial charge < -0.3 is 9.47 Å². The molecule has 0 aromatic carbocycles. The molecule has 2 aliphatic rings. The van der Waals surface area contributed by atoms with Crippen LogP contribution in [0.5, 0.6) is 0 Å². The Hall–Kier alpha value is -1.84. The lowest BCUT2D eigenvalue weighted by molar-refractivity contribution is -0.136. The van der Waals surface area contributed by atoms with Gasteiger partial charge in [0.15, 0.2) is 0 Å². The third kappa shape index (κ3) is 2.64. The first kappa shape index (κ1) is 14.7.